The Morgan fingerprint density at radius 2 is 0.824 bits per heavy atom. The summed E-state index contributed by atoms with van der Waals surface area (Å²) in [7, 11) is 0. The van der Waals surface area contributed by atoms with Crippen LogP contribution in [0.25, 0.3) is 32.7 Å². The molecule has 0 fully saturated rings. The number of H-pyrrole nitrogens is 3. The van der Waals surface area contributed by atoms with Crippen LogP contribution in [0.1, 0.15) is 61.6 Å². The Morgan fingerprint density at radius 3 is 1.26 bits per heavy atom. The highest BCUT2D eigenvalue weighted by Gasteiger charge is 2.33. The van der Waals surface area contributed by atoms with Gasteiger partial charge < -0.3 is 81.7 Å². The van der Waals surface area contributed by atoms with Crippen molar-refractivity contribution in [1.82, 2.24) is 41.5 Å². The van der Waals surface area contributed by atoms with Crippen LogP contribution in [0.15, 0.2) is 101 Å². The molecule has 23 heteroatoms. The second kappa shape index (κ2) is 26.8. The topological polar surface area (TPSA) is 417 Å². The molecule has 0 bridgehead atoms. The highest BCUT2D eigenvalue weighted by Crippen LogP contribution is 2.23. The molecule has 6 amide bonds. The molecule has 6 aromatic rings. The Balaban J connectivity index is 1.24. The van der Waals surface area contributed by atoms with Gasteiger partial charge >= 0.3 is 0 Å². The first-order valence-corrected chi connectivity index (χ1v) is 24.6. The molecule has 0 aliphatic rings. The van der Waals surface area contributed by atoms with Gasteiger partial charge in [0.2, 0.25) is 35.4 Å². The number of para-hydroxylation sites is 3. The van der Waals surface area contributed by atoms with Crippen LogP contribution in [0.5, 0.6) is 0 Å². The van der Waals surface area contributed by atoms with Crippen molar-refractivity contribution in [3.05, 3.63) is 108 Å². The van der Waals surface area contributed by atoms with Gasteiger partial charge in [0.25, 0.3) is 0 Å². The van der Waals surface area contributed by atoms with Crippen LogP contribution in [0.4, 0.5) is 0 Å². The minimum absolute atomic E-state index is 0.0208. The van der Waals surface area contributed by atoms with Crippen molar-refractivity contribution in [3.63, 3.8) is 0 Å². The Bertz CT molecular complexity index is 2930. The number of rotatable bonds is 29. The summed E-state index contributed by atoms with van der Waals surface area (Å²) in [6, 6.07) is 15.6. The molecule has 0 unspecified atom stereocenters. The maximum Gasteiger partial charge on any atom is 0.243 e. The normalized spacial score (nSPS) is 13.7. The van der Waals surface area contributed by atoms with Crippen LogP contribution in [-0.2, 0) is 48.0 Å². The van der Waals surface area contributed by atoms with Crippen LogP contribution in [-0.4, -0.2) is 118 Å². The Hall–Kier alpha value is -8.44. The molecular formula is C51H69N17O6. The number of guanidine groups is 2. The molecule has 394 valence electrons. The van der Waals surface area contributed by atoms with Crippen molar-refractivity contribution in [2.24, 2.45) is 50.1 Å². The van der Waals surface area contributed by atoms with E-state index in [2.05, 4.69) is 51.5 Å². The predicted molar refractivity (Wildman–Crippen MR) is 286 cm³/mol. The molecule has 0 saturated carbocycles. The van der Waals surface area contributed by atoms with E-state index in [1.807, 2.05) is 72.8 Å². The fraction of sp³-hybridized carbons (Fsp3) is 0.373. The van der Waals surface area contributed by atoms with Crippen molar-refractivity contribution in [1.29, 1.82) is 0 Å². The van der Waals surface area contributed by atoms with E-state index in [0.29, 0.717) is 49.8 Å². The van der Waals surface area contributed by atoms with Gasteiger partial charge in [0.05, 0.1) is 12.1 Å². The zero-order valence-corrected chi connectivity index (χ0v) is 41.2. The number of fused-ring (bicyclic) bond motifs is 3. The van der Waals surface area contributed by atoms with Crippen LogP contribution in [0.3, 0.4) is 0 Å². The fourth-order valence-electron chi connectivity index (χ4n) is 8.68. The van der Waals surface area contributed by atoms with Crippen LogP contribution in [0, 0.1) is 0 Å². The number of aromatic amines is 3. The van der Waals surface area contributed by atoms with E-state index in [-0.39, 0.29) is 63.0 Å². The number of amides is 6. The molecule has 74 heavy (non-hydrogen) atoms. The van der Waals surface area contributed by atoms with Gasteiger partial charge in [-0.2, -0.15) is 0 Å². The van der Waals surface area contributed by atoms with Crippen molar-refractivity contribution < 1.29 is 28.8 Å². The molecule has 3 aromatic carbocycles. The number of benzene rings is 3. The van der Waals surface area contributed by atoms with Crippen LogP contribution in [0.2, 0.25) is 0 Å². The number of aliphatic imine (C=N–C) groups is 2. The summed E-state index contributed by atoms with van der Waals surface area (Å²) in [6.45, 7) is 0.779. The summed E-state index contributed by atoms with van der Waals surface area (Å²) in [5.74, 6) is -4.06. The summed E-state index contributed by atoms with van der Waals surface area (Å²) in [4.78, 5) is 101. The Kier molecular flexibility index (Phi) is 19.9. The first-order valence-electron chi connectivity index (χ1n) is 24.6. The second-order valence-corrected chi connectivity index (χ2v) is 18.2. The molecule has 6 atom stereocenters. The summed E-state index contributed by atoms with van der Waals surface area (Å²) in [6.07, 6.45) is 7.47. The van der Waals surface area contributed by atoms with Gasteiger partial charge in [0.1, 0.15) is 24.2 Å². The predicted octanol–water partition coefficient (Wildman–Crippen LogP) is -0.369. The maximum atomic E-state index is 14.9. The van der Waals surface area contributed by atoms with Gasteiger partial charge in [-0.05, 0) is 79.8 Å². The van der Waals surface area contributed by atoms with E-state index in [1.54, 1.807) is 18.6 Å². The SMILES string of the molecule is NC(=O)[C@H](Cc1c[nH]c2ccccc12)NC(=O)[C@H](Cc1c[nH]c2ccccc12)NC(=O)[C@H](Cc1c[nH]c2ccccc12)NC(=O)[C@H](CCCCNC(=O)[C@@H](N)CCCN=C(N)N)NC(=O)[C@@H](N)CCCN=C(N)N. The number of unbranched alkanes of at least 4 members (excludes halogenated alkanes) is 1. The first kappa shape index (κ1) is 54.9. The molecule has 23 nitrogen and oxygen atoms in total. The molecule has 0 saturated heterocycles. The third-order valence-corrected chi connectivity index (χ3v) is 12.7. The molecule has 3 aromatic heterocycles. The minimum Gasteiger partial charge on any atom is -0.370 e. The monoisotopic (exact) mass is 1020 g/mol. The summed E-state index contributed by atoms with van der Waals surface area (Å²) in [5.41, 5.74) is 44.5. The molecule has 3 heterocycles. The van der Waals surface area contributed by atoms with Gasteiger partial charge in [-0.25, -0.2) is 0 Å². The molecule has 0 aliphatic heterocycles. The number of nitrogens with two attached hydrogens (primary N) is 7. The maximum absolute atomic E-state index is 14.9. The fourth-order valence-corrected chi connectivity index (χ4v) is 8.68. The van der Waals surface area contributed by atoms with Gasteiger partial charge in [0.15, 0.2) is 11.9 Å². The smallest absolute Gasteiger partial charge is 0.243 e. The first-order chi connectivity index (χ1) is 35.6. The van der Waals surface area contributed by atoms with E-state index in [4.69, 9.17) is 40.1 Å². The van der Waals surface area contributed by atoms with Crippen LogP contribution < -0.4 is 66.7 Å². The second-order valence-electron chi connectivity index (χ2n) is 18.2. The largest absolute Gasteiger partial charge is 0.370 e. The lowest BCUT2D eigenvalue weighted by Crippen LogP contribution is -2.59. The number of carbonyl (C=O) groups is 6. The van der Waals surface area contributed by atoms with Crippen molar-refractivity contribution in [3.8, 4) is 0 Å². The minimum atomic E-state index is -1.32. The molecule has 0 spiro atoms. The van der Waals surface area contributed by atoms with Crippen LogP contribution >= 0.6 is 0 Å². The summed E-state index contributed by atoms with van der Waals surface area (Å²) in [5, 5.41) is 16.6. The molecule has 0 radical (unpaired) electrons. The molecule has 22 N–H and O–H groups in total. The number of nitrogens with zero attached hydrogens (tertiary/aromatic N) is 2. The number of hydrogen-bond donors (Lipinski definition) is 15. The van der Waals surface area contributed by atoms with Gasteiger partial charge in [-0.1, -0.05) is 54.6 Å². The Morgan fingerprint density at radius 1 is 0.446 bits per heavy atom. The number of nitrogens with one attached hydrogen (secondary N) is 8. The van der Waals surface area contributed by atoms with E-state index in [0.717, 1.165) is 38.3 Å². The Labute approximate surface area is 427 Å². The van der Waals surface area contributed by atoms with E-state index in [1.165, 1.54) is 0 Å². The van der Waals surface area contributed by atoms with Crippen molar-refractivity contribution in [2.75, 3.05) is 19.6 Å². The van der Waals surface area contributed by atoms with Gasteiger partial charge in [-0.15, -0.1) is 0 Å². The van der Waals surface area contributed by atoms with E-state index >= 15 is 0 Å². The standard InChI is InChI=1S/C51H69N17O6/c52-35(14-9-21-60-50(55)56)45(70)59-20-8-7-19-40(65-46(71)36(53)15-10-22-61-51(57)58)47(72)67-43(25-31-28-64-39-18-6-3-13-34(31)39)49(74)68-42(24-30-27-63-38-17-5-2-12-33(30)38)48(73)66-41(44(54)69)23-29-26-62-37-16-4-1-11-32(29)37/h1-6,11-13,16-18,26-28,35-36,40-43,62-64H,7-10,14-15,19-25,52-53H2,(H2,54,69)(H,59,70)(H,65,71)(H,66,73)(H,67,72)(H,68,74)(H4,55,56,60)(H4,57,58,61)/t35-,36-,40-,41-,42-,43-/m0/s1. The average Bonchev–Trinajstić information content (AvgIpc) is 4.12. The molecular weight excluding hydrogens is 947 g/mol. The van der Waals surface area contributed by atoms with Gasteiger partial charge in [-0.3, -0.25) is 38.8 Å². The lowest BCUT2D eigenvalue weighted by atomic mass is 10.00. The number of carbonyl (C=O) groups excluding carboxylic acids is 6. The number of hydrogen-bond acceptors (Lipinski definition) is 10. The van der Waals surface area contributed by atoms with E-state index in [9.17, 15) is 28.8 Å². The van der Waals surface area contributed by atoms with Crippen molar-refractivity contribution >= 4 is 80.1 Å². The lowest BCUT2D eigenvalue weighted by Gasteiger charge is -2.27. The highest BCUT2D eigenvalue weighted by atomic mass is 16.2. The number of aromatic nitrogens is 3. The third-order valence-electron chi connectivity index (χ3n) is 12.7. The summed E-state index contributed by atoms with van der Waals surface area (Å²) >= 11 is 0. The zero-order valence-electron chi connectivity index (χ0n) is 41.2. The summed E-state index contributed by atoms with van der Waals surface area (Å²) < 4.78 is 0. The average molecular weight is 1020 g/mol. The highest BCUT2D eigenvalue weighted by molar-refractivity contribution is 5.97. The third kappa shape index (κ3) is 15.8. The lowest BCUT2D eigenvalue weighted by molar-refractivity contribution is -0.134. The van der Waals surface area contributed by atoms with Gasteiger partial charge in [0, 0.05) is 90.2 Å². The molecule has 6 rings (SSSR count). The van der Waals surface area contributed by atoms with Crippen molar-refractivity contribution in [2.45, 2.75) is 100 Å². The zero-order chi connectivity index (χ0) is 53.1. The number of primary amides is 1. The van der Waals surface area contributed by atoms with E-state index < -0.39 is 65.8 Å². The molecule has 0 aliphatic carbocycles. The quantitative estimate of drug-likeness (QED) is 0.0163.